The standard InChI is InChI=1S/C14H24N4O3/c1-16(2)7-8-17(11-5-3-4-6-11)13(20)10-18-12(19)9-15-14(18)21/h11H,3-10H2,1-2H3,(H,15,21). The molecule has 1 saturated heterocycles. The van der Waals surface area contributed by atoms with Crippen molar-refractivity contribution in [3.63, 3.8) is 0 Å². The lowest BCUT2D eigenvalue weighted by Crippen LogP contribution is -2.48. The van der Waals surface area contributed by atoms with E-state index in [1.54, 1.807) is 0 Å². The normalized spacial score (nSPS) is 19.5. The summed E-state index contributed by atoms with van der Waals surface area (Å²) < 4.78 is 0. The summed E-state index contributed by atoms with van der Waals surface area (Å²) in [6.07, 6.45) is 4.30. The van der Waals surface area contributed by atoms with E-state index < -0.39 is 6.03 Å². The highest BCUT2D eigenvalue weighted by molar-refractivity contribution is 6.04. The monoisotopic (exact) mass is 296 g/mol. The summed E-state index contributed by atoms with van der Waals surface area (Å²) in [7, 11) is 3.93. The van der Waals surface area contributed by atoms with Crippen molar-refractivity contribution in [2.45, 2.75) is 31.7 Å². The first-order valence-electron chi connectivity index (χ1n) is 7.51. The highest BCUT2D eigenvalue weighted by Crippen LogP contribution is 2.23. The minimum Gasteiger partial charge on any atom is -0.337 e. The van der Waals surface area contributed by atoms with Crippen molar-refractivity contribution in [3.8, 4) is 0 Å². The third-order valence-electron chi connectivity index (χ3n) is 4.10. The molecule has 1 aliphatic carbocycles. The van der Waals surface area contributed by atoms with Crippen molar-refractivity contribution in [3.05, 3.63) is 0 Å². The fraction of sp³-hybridized carbons (Fsp3) is 0.786. The van der Waals surface area contributed by atoms with Crippen LogP contribution in [0.5, 0.6) is 0 Å². The average molecular weight is 296 g/mol. The van der Waals surface area contributed by atoms with Gasteiger partial charge in [0.2, 0.25) is 5.91 Å². The van der Waals surface area contributed by atoms with Crippen molar-refractivity contribution in [1.29, 1.82) is 0 Å². The Morgan fingerprint density at radius 3 is 2.43 bits per heavy atom. The number of rotatable bonds is 6. The van der Waals surface area contributed by atoms with E-state index in [-0.39, 0.29) is 30.9 Å². The van der Waals surface area contributed by atoms with Crippen LogP contribution in [0.25, 0.3) is 0 Å². The van der Waals surface area contributed by atoms with E-state index in [1.807, 2.05) is 23.9 Å². The van der Waals surface area contributed by atoms with Crippen LogP contribution in [-0.4, -0.2) is 78.9 Å². The van der Waals surface area contributed by atoms with E-state index >= 15 is 0 Å². The molecule has 1 heterocycles. The smallest absolute Gasteiger partial charge is 0.325 e. The van der Waals surface area contributed by atoms with Gasteiger partial charge in [0.1, 0.15) is 6.54 Å². The number of carbonyl (C=O) groups excluding carboxylic acids is 3. The molecule has 0 spiro atoms. The molecule has 0 atom stereocenters. The van der Waals surface area contributed by atoms with Gasteiger partial charge >= 0.3 is 6.03 Å². The highest BCUT2D eigenvalue weighted by atomic mass is 16.2. The van der Waals surface area contributed by atoms with Crippen LogP contribution < -0.4 is 5.32 Å². The molecule has 2 rings (SSSR count). The number of nitrogens with one attached hydrogen (secondary N) is 1. The molecule has 7 heteroatoms. The van der Waals surface area contributed by atoms with Crippen molar-refractivity contribution in [1.82, 2.24) is 20.0 Å². The maximum absolute atomic E-state index is 12.5. The third kappa shape index (κ3) is 3.93. The van der Waals surface area contributed by atoms with Gasteiger partial charge in [-0.25, -0.2) is 4.79 Å². The molecule has 7 nitrogen and oxygen atoms in total. The topological polar surface area (TPSA) is 73.0 Å². The molecule has 0 radical (unpaired) electrons. The van der Waals surface area contributed by atoms with Crippen LogP contribution in [-0.2, 0) is 9.59 Å². The molecule has 0 unspecified atom stereocenters. The van der Waals surface area contributed by atoms with Gasteiger partial charge < -0.3 is 15.1 Å². The molecule has 4 amide bonds. The molecule has 1 N–H and O–H groups in total. The number of amides is 4. The molecule has 21 heavy (non-hydrogen) atoms. The Balaban J connectivity index is 1.99. The largest absolute Gasteiger partial charge is 0.337 e. The van der Waals surface area contributed by atoms with Crippen LogP contribution in [0.15, 0.2) is 0 Å². The predicted molar refractivity (Wildman–Crippen MR) is 77.6 cm³/mol. The van der Waals surface area contributed by atoms with E-state index in [0.717, 1.165) is 37.1 Å². The van der Waals surface area contributed by atoms with Gasteiger partial charge in [-0.1, -0.05) is 12.8 Å². The van der Waals surface area contributed by atoms with Crippen molar-refractivity contribution in [2.24, 2.45) is 0 Å². The Morgan fingerprint density at radius 1 is 1.24 bits per heavy atom. The zero-order chi connectivity index (χ0) is 15.4. The summed E-state index contributed by atoms with van der Waals surface area (Å²) in [6, 6.07) is -0.217. The summed E-state index contributed by atoms with van der Waals surface area (Å²) in [5.74, 6) is -0.457. The van der Waals surface area contributed by atoms with E-state index in [9.17, 15) is 14.4 Å². The number of likely N-dealkylation sites (N-methyl/N-ethyl adjacent to an activating group) is 1. The zero-order valence-corrected chi connectivity index (χ0v) is 12.8. The maximum atomic E-state index is 12.5. The van der Waals surface area contributed by atoms with Gasteiger partial charge in [0, 0.05) is 19.1 Å². The van der Waals surface area contributed by atoms with Gasteiger partial charge in [0.05, 0.1) is 6.54 Å². The number of hydrogen-bond acceptors (Lipinski definition) is 4. The molecule has 1 aliphatic heterocycles. The maximum Gasteiger partial charge on any atom is 0.325 e. The van der Waals surface area contributed by atoms with Crippen molar-refractivity contribution < 1.29 is 14.4 Å². The minimum absolute atomic E-state index is 0.00671. The Morgan fingerprint density at radius 2 is 1.90 bits per heavy atom. The average Bonchev–Trinajstić information content (AvgIpc) is 3.04. The number of nitrogens with zero attached hydrogens (tertiary/aromatic N) is 3. The Kier molecular flexibility index (Phi) is 5.17. The van der Waals surface area contributed by atoms with Crippen LogP contribution in [0.1, 0.15) is 25.7 Å². The van der Waals surface area contributed by atoms with Gasteiger partial charge in [0.15, 0.2) is 0 Å². The number of urea groups is 1. The minimum atomic E-state index is -0.465. The Bertz CT molecular complexity index is 402. The summed E-state index contributed by atoms with van der Waals surface area (Å²) in [5, 5.41) is 2.44. The van der Waals surface area contributed by atoms with Gasteiger partial charge in [-0.3, -0.25) is 14.5 Å². The second-order valence-electron chi connectivity index (χ2n) is 5.97. The van der Waals surface area contributed by atoms with Crippen LogP contribution in [0.4, 0.5) is 4.79 Å². The molecular weight excluding hydrogens is 272 g/mol. The molecule has 0 aromatic heterocycles. The third-order valence-corrected chi connectivity index (χ3v) is 4.10. The van der Waals surface area contributed by atoms with Gasteiger partial charge in [-0.05, 0) is 26.9 Å². The molecule has 2 aliphatic rings. The van der Waals surface area contributed by atoms with E-state index in [1.165, 1.54) is 0 Å². The van der Waals surface area contributed by atoms with Crippen molar-refractivity contribution in [2.75, 3.05) is 40.3 Å². The van der Waals surface area contributed by atoms with E-state index in [0.29, 0.717) is 6.54 Å². The molecule has 0 aromatic rings. The SMILES string of the molecule is CN(C)CCN(C(=O)CN1C(=O)CNC1=O)C1CCCC1. The summed E-state index contributed by atoms with van der Waals surface area (Å²) in [5.41, 5.74) is 0. The molecule has 118 valence electrons. The number of hydrogen-bond donors (Lipinski definition) is 1. The zero-order valence-electron chi connectivity index (χ0n) is 12.8. The number of carbonyl (C=O) groups is 3. The highest BCUT2D eigenvalue weighted by Gasteiger charge is 2.33. The molecule has 1 saturated carbocycles. The molecular formula is C14H24N4O3. The summed E-state index contributed by atoms with van der Waals surface area (Å²) >= 11 is 0. The first-order chi connectivity index (χ1) is 9.99. The Hall–Kier alpha value is -1.63. The lowest BCUT2D eigenvalue weighted by molar-refractivity contribution is -0.138. The van der Waals surface area contributed by atoms with Crippen molar-refractivity contribution >= 4 is 17.8 Å². The first-order valence-corrected chi connectivity index (χ1v) is 7.51. The van der Waals surface area contributed by atoms with Gasteiger partial charge in [-0.15, -0.1) is 0 Å². The lowest BCUT2D eigenvalue weighted by Gasteiger charge is -2.31. The second-order valence-corrected chi connectivity index (χ2v) is 5.97. The first kappa shape index (κ1) is 15.8. The van der Waals surface area contributed by atoms with Gasteiger partial charge in [-0.2, -0.15) is 0 Å². The summed E-state index contributed by atoms with van der Waals surface area (Å²) in [6.45, 7) is 1.27. The molecule has 0 aromatic carbocycles. The van der Waals surface area contributed by atoms with E-state index in [4.69, 9.17) is 0 Å². The molecule has 2 fully saturated rings. The van der Waals surface area contributed by atoms with Crippen LogP contribution in [0.2, 0.25) is 0 Å². The lowest BCUT2D eigenvalue weighted by atomic mass is 10.2. The van der Waals surface area contributed by atoms with Gasteiger partial charge in [0.25, 0.3) is 5.91 Å². The van der Waals surface area contributed by atoms with Crippen LogP contribution >= 0.6 is 0 Å². The van der Waals surface area contributed by atoms with Crippen LogP contribution in [0, 0.1) is 0 Å². The fourth-order valence-corrected chi connectivity index (χ4v) is 2.88. The number of imide groups is 1. The van der Waals surface area contributed by atoms with E-state index in [2.05, 4.69) is 5.32 Å². The quantitative estimate of drug-likeness (QED) is 0.693. The molecule has 0 bridgehead atoms. The summed E-state index contributed by atoms with van der Waals surface area (Å²) in [4.78, 5) is 40.6. The Labute approximate surface area is 125 Å². The fourth-order valence-electron chi connectivity index (χ4n) is 2.88. The second kappa shape index (κ2) is 6.89. The predicted octanol–water partition coefficient (Wildman–Crippen LogP) is -0.129. The van der Waals surface area contributed by atoms with Crippen LogP contribution in [0.3, 0.4) is 0 Å².